The molecule has 11 nitrogen and oxygen atoms in total. The van der Waals surface area contributed by atoms with Crippen LogP contribution < -0.4 is 14.2 Å². The molecule has 11 heteroatoms. The summed E-state index contributed by atoms with van der Waals surface area (Å²) in [5, 5.41) is 18.9. The lowest BCUT2D eigenvalue weighted by Gasteiger charge is -2.33. The van der Waals surface area contributed by atoms with Gasteiger partial charge in [-0.25, -0.2) is 14.8 Å². The first-order chi connectivity index (χ1) is 21.5. The third kappa shape index (κ3) is 6.04. The zero-order valence-electron chi connectivity index (χ0n) is 24.9. The van der Waals surface area contributed by atoms with E-state index in [0.29, 0.717) is 47.5 Å². The van der Waals surface area contributed by atoms with Crippen molar-refractivity contribution in [1.82, 2.24) is 19.4 Å². The fourth-order valence-corrected chi connectivity index (χ4v) is 5.99. The van der Waals surface area contributed by atoms with E-state index in [1.165, 1.54) is 13.2 Å². The number of piperidine rings is 1. The number of nitrogens with zero attached hydrogens (tertiary/aromatic N) is 5. The van der Waals surface area contributed by atoms with Crippen LogP contribution in [0.25, 0.3) is 11.0 Å². The van der Waals surface area contributed by atoms with E-state index in [1.807, 2.05) is 12.1 Å². The van der Waals surface area contributed by atoms with Crippen molar-refractivity contribution >= 4 is 17.0 Å². The maximum atomic E-state index is 11.8. The molecule has 2 aromatic carbocycles. The highest BCUT2D eigenvalue weighted by Crippen LogP contribution is 2.35. The Morgan fingerprint density at radius 1 is 1.11 bits per heavy atom. The predicted molar refractivity (Wildman–Crippen MR) is 161 cm³/mol. The Morgan fingerprint density at radius 2 is 1.91 bits per heavy atom. The van der Waals surface area contributed by atoms with E-state index in [1.54, 1.807) is 31.5 Å². The monoisotopic (exact) mass is 597 g/mol. The standard InChI is InChI=1S/C33H35N5O6/c1-41-28-14-21(17-34)5-6-23(28)20-44-32-26(4-3-10-35-32)22-7-11-37(12-8-22)19-30-36-31-27(38(30)18-25-9-13-43-25)15-24(33(39)40)16-29(31)42-2/h3-6,10,14-16,22,25H,7-9,11-13,18-20H2,1-2H3,(H,39,40). The molecule has 1 N–H and O–H groups in total. The number of methoxy groups -OCH3 is 2. The van der Waals surface area contributed by atoms with Crippen molar-refractivity contribution in [3.8, 4) is 23.4 Å². The number of imidazole rings is 1. The van der Waals surface area contributed by atoms with Gasteiger partial charge in [0.2, 0.25) is 5.88 Å². The molecule has 44 heavy (non-hydrogen) atoms. The predicted octanol–water partition coefficient (Wildman–Crippen LogP) is 4.77. The van der Waals surface area contributed by atoms with Gasteiger partial charge in [-0.3, -0.25) is 4.90 Å². The SMILES string of the molecule is COc1cc(C#N)ccc1COc1ncccc1C1CCN(Cc2nc3c(OC)cc(C(=O)O)cc3n2CC2CCO2)CC1. The maximum absolute atomic E-state index is 11.8. The average Bonchev–Trinajstić information content (AvgIpc) is 3.38. The number of carboxylic acids is 1. The topological polar surface area (TPSA) is 132 Å². The molecule has 2 aliphatic rings. The normalized spacial score (nSPS) is 17.2. The molecular weight excluding hydrogens is 562 g/mol. The van der Waals surface area contributed by atoms with Crippen LogP contribution in [0.15, 0.2) is 48.7 Å². The number of pyridine rings is 1. The molecule has 0 spiro atoms. The summed E-state index contributed by atoms with van der Waals surface area (Å²) in [6, 6.07) is 14.7. The van der Waals surface area contributed by atoms with E-state index in [2.05, 4.69) is 26.6 Å². The van der Waals surface area contributed by atoms with Gasteiger partial charge >= 0.3 is 5.97 Å². The van der Waals surface area contributed by atoms with Gasteiger partial charge < -0.3 is 28.6 Å². The number of carbonyl (C=O) groups is 1. The number of benzene rings is 2. The van der Waals surface area contributed by atoms with Crippen LogP contribution in [0, 0.1) is 11.3 Å². The molecule has 4 aromatic rings. The summed E-state index contributed by atoms with van der Waals surface area (Å²) in [4.78, 5) is 23.7. The molecule has 6 rings (SSSR count). The minimum atomic E-state index is -1.00. The second-order valence-electron chi connectivity index (χ2n) is 11.1. The van der Waals surface area contributed by atoms with Crippen LogP contribution in [0.1, 0.15) is 58.1 Å². The van der Waals surface area contributed by atoms with Crippen molar-refractivity contribution in [1.29, 1.82) is 5.26 Å². The van der Waals surface area contributed by atoms with Crippen LogP contribution in [0.5, 0.6) is 17.4 Å². The molecule has 1 unspecified atom stereocenters. The number of hydrogen-bond acceptors (Lipinski definition) is 9. The fourth-order valence-electron chi connectivity index (χ4n) is 5.99. The summed E-state index contributed by atoms with van der Waals surface area (Å²) in [7, 11) is 3.12. The molecular formula is C33H35N5O6. The van der Waals surface area contributed by atoms with E-state index >= 15 is 0 Å². The van der Waals surface area contributed by atoms with Gasteiger partial charge in [0, 0.05) is 23.9 Å². The van der Waals surface area contributed by atoms with E-state index in [4.69, 9.17) is 23.9 Å². The van der Waals surface area contributed by atoms with Crippen molar-refractivity contribution < 1.29 is 28.8 Å². The lowest BCUT2D eigenvalue weighted by molar-refractivity contribution is -0.0592. The number of ether oxygens (including phenoxy) is 4. The Balaban J connectivity index is 1.17. The molecule has 0 aliphatic carbocycles. The number of fused-ring (bicyclic) bond motifs is 1. The van der Waals surface area contributed by atoms with Gasteiger partial charge in [0.1, 0.15) is 29.4 Å². The van der Waals surface area contributed by atoms with Crippen molar-refractivity contribution in [2.24, 2.45) is 0 Å². The Kier molecular flexibility index (Phi) is 8.63. The smallest absolute Gasteiger partial charge is 0.335 e. The van der Waals surface area contributed by atoms with E-state index in [9.17, 15) is 15.2 Å². The number of aromatic nitrogens is 3. The Morgan fingerprint density at radius 3 is 2.59 bits per heavy atom. The minimum absolute atomic E-state index is 0.0876. The van der Waals surface area contributed by atoms with Gasteiger partial charge in [-0.15, -0.1) is 0 Å². The number of aromatic carboxylic acids is 1. The van der Waals surface area contributed by atoms with E-state index in [0.717, 1.165) is 61.4 Å². The lowest BCUT2D eigenvalue weighted by atomic mass is 9.90. The summed E-state index contributed by atoms with van der Waals surface area (Å²) in [5.41, 5.74) is 4.05. The Hall–Kier alpha value is -4.66. The molecule has 2 fully saturated rings. The number of rotatable bonds is 11. The third-order valence-corrected chi connectivity index (χ3v) is 8.52. The highest BCUT2D eigenvalue weighted by Gasteiger charge is 2.28. The zero-order chi connectivity index (χ0) is 30.6. The lowest BCUT2D eigenvalue weighted by Crippen LogP contribution is -2.35. The summed E-state index contributed by atoms with van der Waals surface area (Å²) in [6.45, 7) is 4.01. The molecule has 0 saturated carbocycles. The van der Waals surface area contributed by atoms with Crippen LogP contribution in [0.2, 0.25) is 0 Å². The largest absolute Gasteiger partial charge is 0.496 e. The molecule has 228 valence electrons. The van der Waals surface area contributed by atoms with E-state index in [-0.39, 0.29) is 18.3 Å². The highest BCUT2D eigenvalue weighted by atomic mass is 16.5. The summed E-state index contributed by atoms with van der Waals surface area (Å²) in [5.74, 6) is 1.84. The molecule has 2 aliphatic heterocycles. The molecule has 2 aromatic heterocycles. The van der Waals surface area contributed by atoms with Crippen LogP contribution >= 0.6 is 0 Å². The van der Waals surface area contributed by atoms with Crippen molar-refractivity contribution in [2.75, 3.05) is 33.9 Å². The first-order valence-electron chi connectivity index (χ1n) is 14.8. The number of hydrogen-bond donors (Lipinski definition) is 1. The van der Waals surface area contributed by atoms with Gasteiger partial charge in [-0.05, 0) is 68.6 Å². The van der Waals surface area contributed by atoms with Gasteiger partial charge in [0.05, 0.1) is 56.1 Å². The first-order valence-corrected chi connectivity index (χ1v) is 14.8. The fraction of sp³-hybridized carbons (Fsp3) is 0.394. The Labute approximate surface area is 255 Å². The van der Waals surface area contributed by atoms with Gasteiger partial charge in [0.25, 0.3) is 0 Å². The molecule has 0 bridgehead atoms. The third-order valence-electron chi connectivity index (χ3n) is 8.52. The first kappa shape index (κ1) is 29.4. The van der Waals surface area contributed by atoms with Crippen molar-refractivity contribution in [2.45, 2.75) is 51.0 Å². The Bertz CT molecular complexity index is 1700. The van der Waals surface area contributed by atoms with Crippen LogP contribution in [0.3, 0.4) is 0 Å². The quantitative estimate of drug-likeness (QED) is 0.258. The molecule has 1 atom stereocenters. The van der Waals surface area contributed by atoms with Crippen LogP contribution in [-0.2, 0) is 24.4 Å². The number of nitriles is 1. The van der Waals surface area contributed by atoms with Crippen LogP contribution in [-0.4, -0.2) is 70.5 Å². The second kappa shape index (κ2) is 12.9. The zero-order valence-corrected chi connectivity index (χ0v) is 24.9. The van der Waals surface area contributed by atoms with Crippen molar-refractivity contribution in [3.63, 3.8) is 0 Å². The van der Waals surface area contributed by atoms with Crippen molar-refractivity contribution in [3.05, 3.63) is 76.7 Å². The molecule has 2 saturated heterocycles. The minimum Gasteiger partial charge on any atom is -0.496 e. The van der Waals surface area contributed by atoms with Gasteiger partial charge in [-0.2, -0.15) is 5.26 Å². The number of carboxylic acid groups (broad SMARTS) is 1. The molecule has 0 amide bonds. The summed E-state index contributed by atoms with van der Waals surface area (Å²) in [6.07, 6.45) is 4.66. The maximum Gasteiger partial charge on any atom is 0.335 e. The summed E-state index contributed by atoms with van der Waals surface area (Å²) < 4.78 is 25.0. The average molecular weight is 598 g/mol. The summed E-state index contributed by atoms with van der Waals surface area (Å²) >= 11 is 0. The number of likely N-dealkylation sites (tertiary alicyclic amines) is 1. The van der Waals surface area contributed by atoms with E-state index < -0.39 is 5.97 Å². The second-order valence-corrected chi connectivity index (χ2v) is 11.1. The van der Waals surface area contributed by atoms with Crippen LogP contribution in [0.4, 0.5) is 0 Å². The van der Waals surface area contributed by atoms with Gasteiger partial charge in [-0.1, -0.05) is 12.1 Å². The molecule has 0 radical (unpaired) electrons. The van der Waals surface area contributed by atoms with Gasteiger partial charge in [0.15, 0.2) is 0 Å². The molecule has 4 heterocycles. The highest BCUT2D eigenvalue weighted by molar-refractivity contribution is 5.95.